The first kappa shape index (κ1) is 24.1. The molecule has 3 rings (SSSR count). The van der Waals surface area contributed by atoms with Gasteiger partial charge in [0, 0.05) is 19.1 Å². The van der Waals surface area contributed by atoms with Crippen molar-refractivity contribution in [3.05, 3.63) is 77.1 Å². The minimum Gasteiger partial charge on any atom is -0.491 e. The number of halogens is 2. The average Bonchev–Trinajstić information content (AvgIpc) is 2.75. The van der Waals surface area contributed by atoms with Gasteiger partial charge in [0.1, 0.15) is 5.75 Å². The van der Waals surface area contributed by atoms with E-state index in [1.807, 2.05) is 45.0 Å². The predicted octanol–water partition coefficient (Wildman–Crippen LogP) is 5.22. The molecule has 1 N–H and O–H groups in total. The second-order valence-corrected chi connectivity index (χ2v) is 8.97. The first-order valence-electron chi connectivity index (χ1n) is 11.3. The van der Waals surface area contributed by atoms with Crippen LogP contribution >= 0.6 is 0 Å². The minimum absolute atomic E-state index is 0.140. The van der Waals surface area contributed by atoms with Crippen LogP contribution in [0.15, 0.2) is 48.8 Å². The summed E-state index contributed by atoms with van der Waals surface area (Å²) in [6.45, 7) is 13.2. The van der Waals surface area contributed by atoms with E-state index in [1.165, 1.54) is 12.1 Å². The van der Waals surface area contributed by atoms with E-state index in [1.54, 1.807) is 0 Å². The van der Waals surface area contributed by atoms with Crippen LogP contribution in [-0.4, -0.2) is 42.1 Å². The number of hydrogen-bond acceptors (Lipinski definition) is 4. The molecule has 1 saturated heterocycles. The van der Waals surface area contributed by atoms with Crippen LogP contribution in [0.2, 0.25) is 0 Å². The van der Waals surface area contributed by atoms with Crippen molar-refractivity contribution in [1.29, 1.82) is 0 Å². The van der Waals surface area contributed by atoms with Crippen molar-refractivity contribution in [3.63, 3.8) is 0 Å². The fourth-order valence-electron chi connectivity index (χ4n) is 4.06. The van der Waals surface area contributed by atoms with Crippen molar-refractivity contribution in [2.75, 3.05) is 20.1 Å². The third kappa shape index (κ3) is 6.45. The molecule has 0 bridgehead atoms. The lowest BCUT2D eigenvalue weighted by Gasteiger charge is -2.40. The number of hydrogen-bond donors (Lipinski definition) is 1. The van der Waals surface area contributed by atoms with Crippen LogP contribution in [0.3, 0.4) is 0 Å². The summed E-state index contributed by atoms with van der Waals surface area (Å²) in [4.78, 5) is 4.53. The molecule has 0 spiro atoms. The summed E-state index contributed by atoms with van der Waals surface area (Å²) in [5.74, 6) is 0.0330. The third-order valence-electron chi connectivity index (χ3n) is 5.99. The summed E-state index contributed by atoms with van der Waals surface area (Å²) in [7, 11) is 2.12. The molecule has 2 aromatic carbocycles. The number of piperidine rings is 1. The normalized spacial score (nSPS) is 15.1. The molecule has 32 heavy (non-hydrogen) atoms. The van der Waals surface area contributed by atoms with E-state index in [2.05, 4.69) is 28.7 Å². The average molecular weight is 444 g/mol. The monoisotopic (exact) mass is 443 g/mol. The zero-order chi connectivity index (χ0) is 23.3. The van der Waals surface area contributed by atoms with E-state index in [-0.39, 0.29) is 6.10 Å². The summed E-state index contributed by atoms with van der Waals surface area (Å²) < 4.78 is 33.3. The van der Waals surface area contributed by atoms with Crippen molar-refractivity contribution < 1.29 is 13.5 Å². The smallest absolute Gasteiger partial charge is 0.159 e. The summed E-state index contributed by atoms with van der Waals surface area (Å²) in [5, 5.41) is 3.44. The van der Waals surface area contributed by atoms with Crippen LogP contribution in [0.25, 0.3) is 0 Å². The topological polar surface area (TPSA) is 27.7 Å². The summed E-state index contributed by atoms with van der Waals surface area (Å²) >= 11 is 0. The van der Waals surface area contributed by atoms with Gasteiger partial charge < -0.3 is 19.9 Å². The molecule has 2 aromatic rings. The van der Waals surface area contributed by atoms with Crippen molar-refractivity contribution in [2.24, 2.45) is 0 Å². The van der Waals surface area contributed by atoms with Crippen LogP contribution in [0.4, 0.5) is 8.78 Å². The molecular formula is C26H35F2N3O. The first-order chi connectivity index (χ1) is 15.2. The number of nitrogens with zero attached hydrogens (tertiary/aromatic N) is 2. The fraction of sp³-hybridized carbons (Fsp3) is 0.462. The molecule has 0 aliphatic carbocycles. The molecule has 1 heterocycles. The summed E-state index contributed by atoms with van der Waals surface area (Å²) in [5.41, 5.74) is 2.64. The van der Waals surface area contributed by atoms with Gasteiger partial charge in [-0.05, 0) is 94.7 Å². The molecule has 0 amide bonds. The van der Waals surface area contributed by atoms with Crippen LogP contribution in [-0.2, 0) is 13.1 Å². The molecule has 6 heteroatoms. The van der Waals surface area contributed by atoms with Crippen LogP contribution in [0.5, 0.6) is 5.75 Å². The van der Waals surface area contributed by atoms with Crippen molar-refractivity contribution in [3.8, 4) is 5.75 Å². The fourth-order valence-corrected chi connectivity index (χ4v) is 4.06. The van der Waals surface area contributed by atoms with E-state index in [0.717, 1.165) is 54.2 Å². The Balaban J connectivity index is 1.71. The van der Waals surface area contributed by atoms with Gasteiger partial charge in [0.05, 0.1) is 11.9 Å². The molecule has 1 aliphatic rings. The maximum absolute atomic E-state index is 13.9. The van der Waals surface area contributed by atoms with Gasteiger partial charge in [-0.3, -0.25) is 0 Å². The quantitative estimate of drug-likeness (QED) is 0.575. The van der Waals surface area contributed by atoms with Gasteiger partial charge in [-0.2, -0.15) is 0 Å². The molecule has 1 fully saturated rings. The van der Waals surface area contributed by atoms with E-state index < -0.39 is 11.6 Å². The molecule has 1 aliphatic heterocycles. The highest BCUT2D eigenvalue weighted by molar-refractivity contribution is 5.29. The van der Waals surface area contributed by atoms with Gasteiger partial charge in [-0.25, -0.2) is 8.78 Å². The highest BCUT2D eigenvalue weighted by Gasteiger charge is 2.25. The predicted molar refractivity (Wildman–Crippen MR) is 125 cm³/mol. The van der Waals surface area contributed by atoms with Crippen LogP contribution < -0.4 is 10.1 Å². The number of ether oxygens (including phenoxy) is 1. The highest BCUT2D eigenvalue weighted by atomic mass is 19.2. The molecule has 0 unspecified atom stereocenters. The Bertz CT molecular complexity index is 906. The van der Waals surface area contributed by atoms with Gasteiger partial charge >= 0.3 is 0 Å². The second-order valence-electron chi connectivity index (χ2n) is 8.97. The minimum atomic E-state index is -0.809. The molecule has 0 aromatic heterocycles. The van der Waals surface area contributed by atoms with Gasteiger partial charge in [-0.1, -0.05) is 18.7 Å². The third-order valence-corrected chi connectivity index (χ3v) is 5.99. The second kappa shape index (κ2) is 10.8. The van der Waals surface area contributed by atoms with Crippen molar-refractivity contribution in [1.82, 2.24) is 15.1 Å². The lowest BCUT2D eigenvalue weighted by Crippen LogP contribution is -2.45. The molecule has 0 saturated carbocycles. The number of rotatable bonds is 9. The zero-order valence-electron chi connectivity index (χ0n) is 19.6. The Hall–Kier alpha value is -2.60. The van der Waals surface area contributed by atoms with Crippen LogP contribution in [0, 0.1) is 18.6 Å². The van der Waals surface area contributed by atoms with Crippen LogP contribution in [0.1, 0.15) is 43.4 Å². The molecular weight excluding hydrogens is 408 g/mol. The Morgan fingerprint density at radius 1 is 1.16 bits per heavy atom. The lowest BCUT2D eigenvalue weighted by molar-refractivity contribution is 0.137. The lowest BCUT2D eigenvalue weighted by atomic mass is 10.0. The standard InChI is InChI=1S/C26H35F2N3O/c1-18(2)32-24-8-6-21(7-9-24)16-29-20(4)31(23-10-12-30(5)13-11-23)17-22-15-26(28)25(27)14-19(22)3/h6-9,14-15,18,23,29H,4,10-13,16-17H2,1-3,5H3. The highest BCUT2D eigenvalue weighted by Crippen LogP contribution is 2.24. The largest absolute Gasteiger partial charge is 0.491 e. The number of likely N-dealkylation sites (tertiary alicyclic amines) is 1. The Labute approximate surface area is 190 Å². The maximum Gasteiger partial charge on any atom is 0.159 e. The van der Waals surface area contributed by atoms with E-state index in [4.69, 9.17) is 4.74 Å². The molecule has 4 nitrogen and oxygen atoms in total. The van der Waals surface area contributed by atoms with Crippen molar-refractivity contribution in [2.45, 2.75) is 58.8 Å². The van der Waals surface area contributed by atoms with E-state index in [9.17, 15) is 8.78 Å². The van der Waals surface area contributed by atoms with Gasteiger partial charge in [0.15, 0.2) is 11.6 Å². The number of aryl methyl sites for hydroxylation is 1. The molecule has 0 radical (unpaired) electrons. The zero-order valence-corrected chi connectivity index (χ0v) is 19.6. The Morgan fingerprint density at radius 3 is 2.41 bits per heavy atom. The van der Waals surface area contributed by atoms with Gasteiger partial charge in [-0.15, -0.1) is 0 Å². The SMILES string of the molecule is C=C(NCc1ccc(OC(C)C)cc1)N(Cc1cc(F)c(F)cc1C)C1CCN(C)CC1. The Kier molecular flexibility index (Phi) is 8.13. The maximum atomic E-state index is 13.9. The molecule has 0 atom stereocenters. The molecule has 174 valence electrons. The van der Waals surface area contributed by atoms with Gasteiger partial charge in [0.25, 0.3) is 0 Å². The summed E-state index contributed by atoms with van der Waals surface area (Å²) in [6, 6.07) is 10.9. The van der Waals surface area contributed by atoms with Crippen molar-refractivity contribution >= 4 is 0 Å². The van der Waals surface area contributed by atoms with E-state index >= 15 is 0 Å². The van der Waals surface area contributed by atoms with E-state index in [0.29, 0.717) is 19.1 Å². The number of nitrogens with one attached hydrogen (secondary N) is 1. The first-order valence-corrected chi connectivity index (χ1v) is 11.3. The Morgan fingerprint density at radius 2 is 1.78 bits per heavy atom. The summed E-state index contributed by atoms with van der Waals surface area (Å²) in [6.07, 6.45) is 2.14. The van der Waals surface area contributed by atoms with Gasteiger partial charge in [0.2, 0.25) is 0 Å². The number of benzene rings is 2.